The number of methoxy groups -OCH3 is 1. The van der Waals surface area contributed by atoms with Gasteiger partial charge in [-0.05, 0) is 90.4 Å². The van der Waals surface area contributed by atoms with Crippen LogP contribution in [0.4, 0.5) is 0 Å². The molecule has 1 aliphatic carbocycles. The molecule has 0 spiro atoms. The Kier molecular flexibility index (Phi) is 7.59. The van der Waals surface area contributed by atoms with E-state index in [1.54, 1.807) is 0 Å². The summed E-state index contributed by atoms with van der Waals surface area (Å²) in [5.41, 5.74) is 8.43. The number of hydrogen-bond acceptors (Lipinski definition) is 7. The van der Waals surface area contributed by atoms with Crippen LogP contribution in [0.3, 0.4) is 0 Å². The second-order valence-electron chi connectivity index (χ2n) is 11.2. The monoisotopic (exact) mass is 553 g/mol. The van der Waals surface area contributed by atoms with E-state index in [4.69, 9.17) is 23.7 Å². The van der Waals surface area contributed by atoms with Crippen LogP contribution in [0, 0.1) is 25.2 Å². The van der Waals surface area contributed by atoms with Gasteiger partial charge in [0.05, 0.1) is 45.0 Å². The fourth-order valence-electron chi connectivity index (χ4n) is 6.45. The fourth-order valence-corrected chi connectivity index (χ4v) is 6.45. The topological polar surface area (TPSA) is 87.0 Å². The van der Waals surface area contributed by atoms with Crippen molar-refractivity contribution in [1.82, 2.24) is 0 Å². The van der Waals surface area contributed by atoms with Gasteiger partial charge in [0, 0.05) is 30.4 Å². The normalized spacial score (nSPS) is 19.6. The molecule has 2 atom stereocenters. The maximum absolute atomic E-state index is 11.8. The summed E-state index contributed by atoms with van der Waals surface area (Å²) in [5, 5.41) is 9.92. The van der Waals surface area contributed by atoms with Crippen molar-refractivity contribution in [3.8, 4) is 34.4 Å². The van der Waals surface area contributed by atoms with Crippen LogP contribution in [0.5, 0.6) is 17.2 Å². The summed E-state index contributed by atoms with van der Waals surface area (Å²) in [7, 11) is 1.40. The van der Waals surface area contributed by atoms with Crippen molar-refractivity contribution in [3.63, 3.8) is 0 Å². The molecule has 2 aliphatic heterocycles. The molecule has 1 fully saturated rings. The second-order valence-corrected chi connectivity index (χ2v) is 11.2. The first kappa shape index (κ1) is 27.2. The molecular formula is C34H35NO6. The largest absolute Gasteiger partial charge is 0.492 e. The molecule has 0 radical (unpaired) electrons. The smallest absolute Gasteiger partial charge is 0.306 e. The van der Waals surface area contributed by atoms with Gasteiger partial charge in [0.1, 0.15) is 29.5 Å². The highest BCUT2D eigenvalue weighted by atomic mass is 16.5. The summed E-state index contributed by atoms with van der Waals surface area (Å²) < 4.78 is 29.0. The molecule has 6 rings (SSSR count). The minimum atomic E-state index is -0.245. The Labute approximate surface area is 240 Å². The first-order valence-corrected chi connectivity index (χ1v) is 14.4. The van der Waals surface area contributed by atoms with Crippen molar-refractivity contribution in [3.05, 3.63) is 75.8 Å². The van der Waals surface area contributed by atoms with Gasteiger partial charge in [-0.15, -0.1) is 0 Å². The lowest BCUT2D eigenvalue weighted by atomic mass is 9.89. The Morgan fingerprint density at radius 1 is 0.976 bits per heavy atom. The number of carbonyl (C=O) groups excluding carboxylic acids is 1. The first-order valence-electron chi connectivity index (χ1n) is 14.4. The van der Waals surface area contributed by atoms with Crippen molar-refractivity contribution < 1.29 is 28.5 Å². The molecule has 41 heavy (non-hydrogen) atoms. The van der Waals surface area contributed by atoms with Gasteiger partial charge in [-0.2, -0.15) is 5.26 Å². The number of benzene rings is 3. The Morgan fingerprint density at radius 3 is 2.49 bits per heavy atom. The van der Waals surface area contributed by atoms with Gasteiger partial charge >= 0.3 is 5.97 Å². The van der Waals surface area contributed by atoms with E-state index in [0.717, 1.165) is 83.8 Å². The molecule has 3 aromatic rings. The lowest BCUT2D eigenvalue weighted by Gasteiger charge is -2.24. The predicted octanol–water partition coefficient (Wildman–Crippen LogP) is 6.51. The zero-order valence-corrected chi connectivity index (χ0v) is 23.8. The Bertz CT molecular complexity index is 1490. The van der Waals surface area contributed by atoms with Gasteiger partial charge < -0.3 is 23.7 Å². The highest BCUT2D eigenvalue weighted by molar-refractivity contribution is 5.78. The molecule has 0 aromatic heterocycles. The maximum Gasteiger partial charge on any atom is 0.306 e. The molecule has 7 heteroatoms. The number of esters is 1. The number of fused-ring (bicyclic) bond motifs is 2. The van der Waals surface area contributed by atoms with Crippen molar-refractivity contribution in [2.24, 2.45) is 0 Å². The van der Waals surface area contributed by atoms with Gasteiger partial charge in [-0.25, -0.2) is 0 Å². The quantitative estimate of drug-likeness (QED) is 0.309. The number of nitrogens with zero attached hydrogens (tertiary/aromatic N) is 1. The molecule has 0 amide bonds. The van der Waals surface area contributed by atoms with Crippen LogP contribution < -0.4 is 14.2 Å². The Hall–Kier alpha value is -4.02. The minimum absolute atomic E-state index is 0.0144. The van der Waals surface area contributed by atoms with Gasteiger partial charge in [0.2, 0.25) is 0 Å². The summed E-state index contributed by atoms with van der Waals surface area (Å²) >= 11 is 0. The van der Waals surface area contributed by atoms with Crippen LogP contribution in [0.15, 0.2) is 42.5 Å². The fraction of sp³-hybridized carbons (Fsp3) is 0.412. The molecule has 0 saturated carbocycles. The van der Waals surface area contributed by atoms with E-state index in [1.807, 2.05) is 30.3 Å². The van der Waals surface area contributed by atoms with Crippen molar-refractivity contribution in [2.45, 2.75) is 64.1 Å². The molecule has 3 aromatic carbocycles. The van der Waals surface area contributed by atoms with Gasteiger partial charge in [0.25, 0.3) is 0 Å². The number of hydrogen-bond donors (Lipinski definition) is 0. The molecule has 0 bridgehead atoms. The Balaban J connectivity index is 1.26. The molecule has 7 nitrogen and oxygen atoms in total. The summed E-state index contributed by atoms with van der Waals surface area (Å²) in [6.07, 6.45) is 3.81. The summed E-state index contributed by atoms with van der Waals surface area (Å²) in [6, 6.07) is 16.4. The van der Waals surface area contributed by atoms with Gasteiger partial charge in [-0.3, -0.25) is 4.79 Å². The Morgan fingerprint density at radius 2 is 1.76 bits per heavy atom. The number of rotatable bonds is 7. The van der Waals surface area contributed by atoms with E-state index in [-0.39, 0.29) is 24.1 Å². The van der Waals surface area contributed by atoms with E-state index in [0.29, 0.717) is 24.3 Å². The maximum atomic E-state index is 11.8. The molecule has 1 saturated heterocycles. The predicted molar refractivity (Wildman–Crippen MR) is 154 cm³/mol. The number of nitriles is 1. The molecule has 0 N–H and O–H groups in total. The van der Waals surface area contributed by atoms with Crippen LogP contribution in [-0.2, 0) is 20.7 Å². The zero-order chi connectivity index (χ0) is 28.5. The number of aryl methyl sites for hydroxylation is 2. The van der Waals surface area contributed by atoms with Crippen LogP contribution in [-0.4, -0.2) is 39.0 Å². The third-order valence-corrected chi connectivity index (χ3v) is 8.45. The molecule has 1 unspecified atom stereocenters. The highest BCUT2D eigenvalue weighted by Crippen LogP contribution is 2.45. The van der Waals surface area contributed by atoms with E-state index < -0.39 is 0 Å². The lowest BCUT2D eigenvalue weighted by Crippen LogP contribution is -2.25. The average Bonchev–Trinajstić information content (AvgIpc) is 3.56. The number of ether oxygens (including phenoxy) is 5. The van der Waals surface area contributed by atoms with Gasteiger partial charge in [-0.1, -0.05) is 6.07 Å². The van der Waals surface area contributed by atoms with E-state index in [2.05, 4.69) is 32.0 Å². The van der Waals surface area contributed by atoms with Crippen LogP contribution in [0.1, 0.15) is 71.1 Å². The second kappa shape index (κ2) is 11.5. The summed E-state index contributed by atoms with van der Waals surface area (Å²) in [6.45, 7) is 6.17. The standard InChI is InChI=1S/C34H35NO6/c1-20-12-26(40-24-8-10-38-11-9-24)13-21(2)34(20)30-15-22(18-35)14-29-28(30)6-7-31(29)41-25-4-5-27-23(16-33(36)37-3)19-39-32(27)17-25/h4-5,12-15,17,23-24,31H,6-11,16,19H2,1-3H3/t23?,31-/m1/s1. The van der Waals surface area contributed by atoms with Crippen LogP contribution in [0.2, 0.25) is 0 Å². The first-order chi connectivity index (χ1) is 19.9. The van der Waals surface area contributed by atoms with Gasteiger partial charge in [0.15, 0.2) is 0 Å². The van der Waals surface area contributed by atoms with Crippen molar-refractivity contribution in [1.29, 1.82) is 5.26 Å². The van der Waals surface area contributed by atoms with E-state index in [1.165, 1.54) is 12.7 Å². The highest BCUT2D eigenvalue weighted by Gasteiger charge is 2.31. The summed E-state index contributed by atoms with van der Waals surface area (Å²) in [5.74, 6) is 2.09. The minimum Gasteiger partial charge on any atom is -0.492 e. The van der Waals surface area contributed by atoms with Crippen LogP contribution >= 0.6 is 0 Å². The molecule has 3 aliphatic rings. The average molecular weight is 554 g/mol. The number of carbonyl (C=O) groups is 1. The van der Waals surface area contributed by atoms with E-state index >= 15 is 0 Å². The zero-order valence-electron chi connectivity index (χ0n) is 23.8. The van der Waals surface area contributed by atoms with Crippen molar-refractivity contribution in [2.75, 3.05) is 26.9 Å². The summed E-state index contributed by atoms with van der Waals surface area (Å²) in [4.78, 5) is 11.8. The third-order valence-electron chi connectivity index (χ3n) is 8.45. The van der Waals surface area contributed by atoms with Crippen molar-refractivity contribution >= 4 is 5.97 Å². The van der Waals surface area contributed by atoms with Crippen LogP contribution in [0.25, 0.3) is 11.1 Å². The van der Waals surface area contributed by atoms with E-state index in [9.17, 15) is 10.1 Å². The molecule has 2 heterocycles. The molecule has 212 valence electrons. The molecular weight excluding hydrogens is 518 g/mol. The third kappa shape index (κ3) is 5.49. The lowest BCUT2D eigenvalue weighted by molar-refractivity contribution is -0.141. The SMILES string of the molecule is COC(=O)CC1COc2cc(O[C@@H]3CCc4c(-c5c(C)cc(OC6CCOCC6)cc5C)cc(C#N)cc43)ccc21.